The first-order chi connectivity index (χ1) is 9.08. The van der Waals surface area contributed by atoms with Gasteiger partial charge in [-0.15, -0.1) is 0 Å². The molecule has 1 N–H and O–H groups in total. The normalized spacial score (nSPS) is 10.3. The number of benzene rings is 2. The summed E-state index contributed by atoms with van der Waals surface area (Å²) in [6.45, 7) is 2.50. The predicted octanol–water partition coefficient (Wildman–Crippen LogP) is 4.45. The zero-order valence-electron chi connectivity index (χ0n) is 10.4. The van der Waals surface area contributed by atoms with Gasteiger partial charge in [0.05, 0.1) is 0 Å². The van der Waals surface area contributed by atoms with Gasteiger partial charge in [0.25, 0.3) is 5.91 Å². The van der Waals surface area contributed by atoms with Crippen LogP contribution in [0.2, 0.25) is 0 Å². The van der Waals surface area contributed by atoms with Crippen LogP contribution in [-0.2, 0) is 6.54 Å². The van der Waals surface area contributed by atoms with Gasteiger partial charge >= 0.3 is 0 Å². The van der Waals surface area contributed by atoms with Crippen LogP contribution in [0.5, 0.6) is 0 Å². The number of nitrogens with one attached hydrogen (secondary N) is 1. The predicted molar refractivity (Wildman–Crippen MR) is 84.2 cm³/mol. The average Bonchev–Trinajstić information content (AvgIpc) is 2.40. The standard InChI is InChI=1S/C15H13Br2NO/c1-10-6-7-11(8-14(10)17)15(19)18-9-12-4-2-3-5-13(12)16/h2-8H,9H2,1H3,(H,18,19). The fourth-order valence-corrected chi connectivity index (χ4v) is 2.46. The van der Waals surface area contributed by atoms with E-state index in [2.05, 4.69) is 37.2 Å². The van der Waals surface area contributed by atoms with E-state index in [1.54, 1.807) is 0 Å². The lowest BCUT2D eigenvalue weighted by atomic mass is 10.1. The SMILES string of the molecule is Cc1ccc(C(=O)NCc2ccccc2Br)cc1Br. The van der Waals surface area contributed by atoms with Crippen LogP contribution in [0.25, 0.3) is 0 Å². The molecule has 0 heterocycles. The lowest BCUT2D eigenvalue weighted by Crippen LogP contribution is -2.23. The minimum absolute atomic E-state index is 0.0727. The number of hydrogen-bond donors (Lipinski definition) is 1. The van der Waals surface area contributed by atoms with Crippen LogP contribution < -0.4 is 5.32 Å². The fraction of sp³-hybridized carbons (Fsp3) is 0.133. The van der Waals surface area contributed by atoms with Crippen molar-refractivity contribution in [3.05, 3.63) is 68.1 Å². The van der Waals surface area contributed by atoms with Gasteiger partial charge < -0.3 is 5.32 Å². The molecule has 0 fully saturated rings. The Bertz CT molecular complexity index is 611. The van der Waals surface area contributed by atoms with Crippen molar-refractivity contribution in [2.24, 2.45) is 0 Å². The molecule has 2 aromatic carbocycles. The summed E-state index contributed by atoms with van der Waals surface area (Å²) in [6, 6.07) is 13.4. The molecular weight excluding hydrogens is 370 g/mol. The topological polar surface area (TPSA) is 29.1 Å². The van der Waals surface area contributed by atoms with E-state index in [1.165, 1.54) is 0 Å². The highest BCUT2D eigenvalue weighted by Crippen LogP contribution is 2.18. The molecule has 0 saturated carbocycles. The highest BCUT2D eigenvalue weighted by atomic mass is 79.9. The fourth-order valence-electron chi connectivity index (χ4n) is 1.65. The van der Waals surface area contributed by atoms with Crippen LogP contribution in [0, 0.1) is 6.92 Å². The van der Waals surface area contributed by atoms with E-state index < -0.39 is 0 Å². The molecule has 1 amide bonds. The second kappa shape index (κ2) is 6.35. The van der Waals surface area contributed by atoms with Gasteiger partial charge in [0.15, 0.2) is 0 Å². The monoisotopic (exact) mass is 381 g/mol. The first-order valence-corrected chi connectivity index (χ1v) is 7.44. The lowest BCUT2D eigenvalue weighted by Gasteiger charge is -2.08. The Morgan fingerprint density at radius 1 is 1.11 bits per heavy atom. The molecule has 0 unspecified atom stereocenters. The largest absolute Gasteiger partial charge is 0.348 e. The van der Waals surface area contributed by atoms with Crippen molar-refractivity contribution in [2.45, 2.75) is 13.5 Å². The molecule has 0 aliphatic heterocycles. The summed E-state index contributed by atoms with van der Waals surface area (Å²) in [7, 11) is 0. The highest BCUT2D eigenvalue weighted by Gasteiger charge is 2.07. The van der Waals surface area contributed by atoms with E-state index in [9.17, 15) is 4.79 Å². The smallest absolute Gasteiger partial charge is 0.251 e. The summed E-state index contributed by atoms with van der Waals surface area (Å²) in [4.78, 5) is 12.0. The lowest BCUT2D eigenvalue weighted by molar-refractivity contribution is 0.0951. The number of carbonyl (C=O) groups is 1. The molecule has 2 rings (SSSR count). The molecule has 98 valence electrons. The van der Waals surface area contributed by atoms with E-state index in [1.807, 2.05) is 49.4 Å². The number of aryl methyl sites for hydroxylation is 1. The van der Waals surface area contributed by atoms with Gasteiger partial charge in [-0.25, -0.2) is 0 Å². The minimum Gasteiger partial charge on any atom is -0.348 e. The number of halogens is 2. The van der Waals surface area contributed by atoms with Gasteiger partial charge in [0, 0.05) is 21.1 Å². The van der Waals surface area contributed by atoms with E-state index in [-0.39, 0.29) is 5.91 Å². The maximum atomic E-state index is 12.0. The van der Waals surface area contributed by atoms with Crippen molar-refractivity contribution < 1.29 is 4.79 Å². The van der Waals surface area contributed by atoms with Crippen molar-refractivity contribution in [3.8, 4) is 0 Å². The minimum atomic E-state index is -0.0727. The molecule has 0 aliphatic carbocycles. The third-order valence-corrected chi connectivity index (χ3v) is 4.46. The first-order valence-electron chi connectivity index (χ1n) is 5.85. The van der Waals surface area contributed by atoms with Gasteiger partial charge in [-0.1, -0.05) is 56.1 Å². The van der Waals surface area contributed by atoms with Crippen LogP contribution in [0.1, 0.15) is 21.5 Å². The third-order valence-electron chi connectivity index (χ3n) is 2.83. The molecule has 0 bridgehead atoms. The number of rotatable bonds is 3. The summed E-state index contributed by atoms with van der Waals surface area (Å²) in [5.74, 6) is -0.0727. The average molecular weight is 383 g/mol. The molecule has 0 aromatic heterocycles. The Balaban J connectivity index is 2.05. The first kappa shape index (κ1) is 14.3. The number of carbonyl (C=O) groups excluding carboxylic acids is 1. The molecule has 0 atom stereocenters. The molecule has 0 aliphatic rings. The quantitative estimate of drug-likeness (QED) is 0.834. The Hall–Kier alpha value is -1.13. The van der Waals surface area contributed by atoms with Gasteiger partial charge in [-0.05, 0) is 36.2 Å². The zero-order valence-corrected chi connectivity index (χ0v) is 13.6. The molecular formula is C15H13Br2NO. The van der Waals surface area contributed by atoms with Crippen molar-refractivity contribution in [1.82, 2.24) is 5.32 Å². The Morgan fingerprint density at radius 3 is 2.53 bits per heavy atom. The second-order valence-electron chi connectivity index (χ2n) is 4.24. The maximum Gasteiger partial charge on any atom is 0.251 e. The van der Waals surface area contributed by atoms with E-state index in [4.69, 9.17) is 0 Å². The van der Waals surface area contributed by atoms with E-state index >= 15 is 0 Å². The Kier molecular flexibility index (Phi) is 4.77. The highest BCUT2D eigenvalue weighted by molar-refractivity contribution is 9.10. The molecule has 2 nitrogen and oxygen atoms in total. The van der Waals surface area contributed by atoms with E-state index in [0.717, 1.165) is 20.1 Å². The van der Waals surface area contributed by atoms with Crippen LogP contribution in [0.3, 0.4) is 0 Å². The molecule has 4 heteroatoms. The van der Waals surface area contributed by atoms with Crippen molar-refractivity contribution in [1.29, 1.82) is 0 Å². The van der Waals surface area contributed by atoms with Gasteiger partial charge in [-0.2, -0.15) is 0 Å². The van der Waals surface area contributed by atoms with Crippen LogP contribution in [0.4, 0.5) is 0 Å². The maximum absolute atomic E-state index is 12.0. The van der Waals surface area contributed by atoms with Crippen molar-refractivity contribution in [3.63, 3.8) is 0 Å². The summed E-state index contributed by atoms with van der Waals surface area (Å²) in [6.07, 6.45) is 0. The summed E-state index contributed by atoms with van der Waals surface area (Å²) < 4.78 is 1.95. The molecule has 0 saturated heterocycles. The van der Waals surface area contributed by atoms with Crippen LogP contribution >= 0.6 is 31.9 Å². The summed E-state index contributed by atoms with van der Waals surface area (Å²) in [5.41, 5.74) is 2.83. The molecule has 0 radical (unpaired) electrons. The summed E-state index contributed by atoms with van der Waals surface area (Å²) in [5, 5.41) is 2.91. The molecule has 0 spiro atoms. The van der Waals surface area contributed by atoms with Gasteiger partial charge in [0.1, 0.15) is 0 Å². The van der Waals surface area contributed by atoms with E-state index in [0.29, 0.717) is 12.1 Å². The van der Waals surface area contributed by atoms with Crippen molar-refractivity contribution >= 4 is 37.8 Å². The zero-order chi connectivity index (χ0) is 13.8. The van der Waals surface area contributed by atoms with Crippen molar-refractivity contribution in [2.75, 3.05) is 0 Å². The number of hydrogen-bond acceptors (Lipinski definition) is 1. The van der Waals surface area contributed by atoms with Crippen LogP contribution in [-0.4, -0.2) is 5.91 Å². The third kappa shape index (κ3) is 3.67. The van der Waals surface area contributed by atoms with Crippen LogP contribution in [0.15, 0.2) is 51.4 Å². The summed E-state index contributed by atoms with van der Waals surface area (Å²) >= 11 is 6.90. The Labute approximate surface area is 129 Å². The molecule has 2 aromatic rings. The Morgan fingerprint density at radius 2 is 1.84 bits per heavy atom. The second-order valence-corrected chi connectivity index (χ2v) is 5.95. The number of amides is 1. The molecule has 19 heavy (non-hydrogen) atoms. The van der Waals surface area contributed by atoms with Gasteiger partial charge in [-0.3, -0.25) is 4.79 Å². The van der Waals surface area contributed by atoms with Gasteiger partial charge in [0.2, 0.25) is 0 Å².